The van der Waals surface area contributed by atoms with Gasteiger partial charge in [0.05, 0.1) is 11.2 Å². The number of ether oxygens (including phenoxy) is 1. The summed E-state index contributed by atoms with van der Waals surface area (Å²) in [6.45, 7) is -0.215. The Morgan fingerprint density at radius 3 is 2.92 bits per heavy atom. The number of aromatic nitrogens is 1. The number of aryl methyl sites for hydroxylation is 1. The Morgan fingerprint density at radius 1 is 1.28 bits per heavy atom. The smallest absolute Gasteiger partial charge is 0.277 e. The summed E-state index contributed by atoms with van der Waals surface area (Å²) in [7, 11) is 1.96. The molecule has 0 unspecified atom stereocenters. The number of amides is 1. The Morgan fingerprint density at radius 2 is 2.08 bits per heavy atom. The van der Waals surface area contributed by atoms with Gasteiger partial charge in [-0.1, -0.05) is 41.4 Å². The van der Waals surface area contributed by atoms with Crippen LogP contribution >= 0.6 is 23.2 Å². The van der Waals surface area contributed by atoms with Crippen LogP contribution in [-0.4, -0.2) is 23.3 Å². The van der Waals surface area contributed by atoms with E-state index in [1.54, 1.807) is 24.4 Å². The van der Waals surface area contributed by atoms with Gasteiger partial charge in [-0.3, -0.25) is 4.79 Å². The minimum Gasteiger partial charge on any atom is -0.482 e. The molecule has 3 aromatic rings. The first-order chi connectivity index (χ1) is 12.0. The number of benzene rings is 2. The van der Waals surface area contributed by atoms with Gasteiger partial charge in [-0.15, -0.1) is 0 Å². The number of carbonyl (C=O) groups excluding carboxylic acids is 1. The molecule has 7 heteroatoms. The van der Waals surface area contributed by atoms with E-state index in [1.165, 1.54) is 0 Å². The van der Waals surface area contributed by atoms with Gasteiger partial charge in [0, 0.05) is 40.8 Å². The zero-order valence-electron chi connectivity index (χ0n) is 13.4. The molecule has 0 fully saturated rings. The van der Waals surface area contributed by atoms with Crippen molar-refractivity contribution in [2.75, 3.05) is 6.61 Å². The van der Waals surface area contributed by atoms with E-state index in [2.05, 4.69) is 10.5 Å². The molecule has 0 saturated heterocycles. The third-order valence-corrected chi connectivity index (χ3v) is 4.12. The third kappa shape index (κ3) is 4.13. The maximum atomic E-state index is 11.8. The van der Waals surface area contributed by atoms with Crippen LogP contribution in [0, 0.1) is 0 Å². The molecule has 1 amide bonds. The van der Waals surface area contributed by atoms with Crippen molar-refractivity contribution >= 4 is 46.2 Å². The topological polar surface area (TPSA) is 55.6 Å². The quantitative estimate of drug-likeness (QED) is 0.540. The maximum absolute atomic E-state index is 11.8. The molecule has 25 heavy (non-hydrogen) atoms. The Hall–Kier alpha value is -2.50. The molecule has 3 rings (SSSR count). The molecule has 0 spiro atoms. The van der Waals surface area contributed by atoms with Gasteiger partial charge in [-0.25, -0.2) is 5.43 Å². The molecule has 1 heterocycles. The number of hydrogen-bond acceptors (Lipinski definition) is 3. The van der Waals surface area contributed by atoms with Crippen molar-refractivity contribution in [3.8, 4) is 5.75 Å². The zero-order chi connectivity index (χ0) is 17.8. The average molecular weight is 376 g/mol. The Bertz CT molecular complexity index is 951. The fourth-order valence-electron chi connectivity index (χ4n) is 2.41. The van der Waals surface area contributed by atoms with E-state index < -0.39 is 5.91 Å². The summed E-state index contributed by atoms with van der Waals surface area (Å²) in [5.74, 6) is -0.0464. The van der Waals surface area contributed by atoms with Gasteiger partial charge in [0.25, 0.3) is 5.91 Å². The summed E-state index contributed by atoms with van der Waals surface area (Å²) < 4.78 is 7.35. The van der Waals surface area contributed by atoms with Crippen molar-refractivity contribution in [3.05, 3.63) is 64.3 Å². The molecule has 2 aromatic carbocycles. The van der Waals surface area contributed by atoms with E-state index in [0.29, 0.717) is 15.8 Å². The lowest BCUT2D eigenvalue weighted by Gasteiger charge is -2.07. The molecular formula is C18H15Cl2N3O2. The highest BCUT2D eigenvalue weighted by molar-refractivity contribution is 6.34. The van der Waals surface area contributed by atoms with Crippen molar-refractivity contribution in [2.45, 2.75) is 0 Å². The molecule has 0 aliphatic rings. The Balaban J connectivity index is 1.60. The summed E-state index contributed by atoms with van der Waals surface area (Å²) in [4.78, 5) is 11.8. The number of hydrogen-bond donors (Lipinski definition) is 1. The number of nitrogens with zero attached hydrogens (tertiary/aromatic N) is 2. The molecule has 0 bridgehead atoms. The largest absolute Gasteiger partial charge is 0.482 e. The SMILES string of the molecule is Cn1cc(/C=N/NC(=O)COc2cc(Cl)ccc2Cl)c2ccccc21. The first-order valence-electron chi connectivity index (χ1n) is 7.48. The minimum absolute atomic E-state index is 0.215. The summed E-state index contributed by atoms with van der Waals surface area (Å²) in [5, 5.41) is 5.91. The fourth-order valence-corrected chi connectivity index (χ4v) is 2.75. The average Bonchev–Trinajstić information content (AvgIpc) is 2.92. The predicted molar refractivity (Wildman–Crippen MR) is 101 cm³/mol. The number of hydrazone groups is 1. The van der Waals surface area contributed by atoms with Gasteiger partial charge in [-0.2, -0.15) is 5.10 Å². The monoisotopic (exact) mass is 375 g/mol. The molecule has 0 radical (unpaired) electrons. The number of fused-ring (bicyclic) bond motifs is 1. The van der Waals surface area contributed by atoms with Gasteiger partial charge in [0.1, 0.15) is 5.75 Å². The van der Waals surface area contributed by atoms with Crippen LogP contribution in [-0.2, 0) is 11.8 Å². The Labute approximate surface area is 154 Å². The van der Waals surface area contributed by atoms with Crippen molar-refractivity contribution in [3.63, 3.8) is 0 Å². The summed E-state index contributed by atoms with van der Waals surface area (Å²) in [6.07, 6.45) is 3.55. The standard InChI is InChI=1S/C18H15Cl2N3O2/c1-23-10-12(14-4-2-3-5-16(14)23)9-21-22-18(24)11-25-17-8-13(19)6-7-15(17)20/h2-10H,11H2,1H3,(H,22,24)/b21-9+. The Kier molecular flexibility index (Phi) is 5.26. The lowest BCUT2D eigenvalue weighted by atomic mass is 10.2. The van der Waals surface area contributed by atoms with Crippen LogP contribution in [0.1, 0.15) is 5.56 Å². The van der Waals surface area contributed by atoms with Crippen LogP contribution in [0.2, 0.25) is 10.0 Å². The normalized spacial score (nSPS) is 11.2. The second kappa shape index (κ2) is 7.59. The van der Waals surface area contributed by atoms with E-state index in [4.69, 9.17) is 27.9 Å². The van der Waals surface area contributed by atoms with Gasteiger partial charge in [0.2, 0.25) is 0 Å². The zero-order valence-corrected chi connectivity index (χ0v) is 14.9. The molecule has 0 aliphatic heterocycles. The molecule has 5 nitrogen and oxygen atoms in total. The van der Waals surface area contributed by atoms with Crippen LogP contribution in [0.4, 0.5) is 0 Å². The van der Waals surface area contributed by atoms with Crippen LogP contribution < -0.4 is 10.2 Å². The number of para-hydroxylation sites is 1. The minimum atomic E-state index is -0.396. The van der Waals surface area contributed by atoms with E-state index >= 15 is 0 Å². The van der Waals surface area contributed by atoms with Crippen LogP contribution in [0.5, 0.6) is 5.75 Å². The highest BCUT2D eigenvalue weighted by Crippen LogP contribution is 2.27. The molecule has 1 aromatic heterocycles. The van der Waals surface area contributed by atoms with Crippen LogP contribution in [0.25, 0.3) is 10.9 Å². The lowest BCUT2D eigenvalue weighted by Crippen LogP contribution is -2.24. The van der Waals surface area contributed by atoms with E-state index in [-0.39, 0.29) is 6.61 Å². The van der Waals surface area contributed by atoms with Gasteiger partial charge in [0.15, 0.2) is 6.61 Å². The van der Waals surface area contributed by atoms with Gasteiger partial charge >= 0.3 is 0 Å². The van der Waals surface area contributed by atoms with Gasteiger partial charge in [-0.05, 0) is 18.2 Å². The molecule has 0 aliphatic carbocycles. The third-order valence-electron chi connectivity index (χ3n) is 3.57. The van der Waals surface area contributed by atoms with E-state index in [1.807, 2.05) is 42.1 Å². The number of carbonyl (C=O) groups is 1. The van der Waals surface area contributed by atoms with E-state index in [0.717, 1.165) is 16.5 Å². The number of halogens is 2. The molecule has 0 atom stereocenters. The first-order valence-corrected chi connectivity index (χ1v) is 8.24. The van der Waals surface area contributed by atoms with Crippen molar-refractivity contribution in [2.24, 2.45) is 12.1 Å². The number of rotatable bonds is 5. The fraction of sp³-hybridized carbons (Fsp3) is 0.111. The second-order valence-electron chi connectivity index (χ2n) is 5.37. The lowest BCUT2D eigenvalue weighted by molar-refractivity contribution is -0.123. The highest BCUT2D eigenvalue weighted by atomic mass is 35.5. The predicted octanol–water partition coefficient (Wildman–Crippen LogP) is 4.01. The summed E-state index contributed by atoms with van der Waals surface area (Å²) in [6, 6.07) is 12.8. The summed E-state index contributed by atoms with van der Waals surface area (Å²) >= 11 is 11.8. The maximum Gasteiger partial charge on any atom is 0.277 e. The second-order valence-corrected chi connectivity index (χ2v) is 6.21. The highest BCUT2D eigenvalue weighted by Gasteiger charge is 2.07. The molecular weight excluding hydrogens is 361 g/mol. The van der Waals surface area contributed by atoms with Crippen molar-refractivity contribution < 1.29 is 9.53 Å². The molecule has 128 valence electrons. The first kappa shape index (κ1) is 17.3. The van der Waals surface area contributed by atoms with Crippen LogP contribution in [0.15, 0.2) is 53.8 Å². The summed E-state index contributed by atoms with van der Waals surface area (Å²) in [5.41, 5.74) is 4.44. The van der Waals surface area contributed by atoms with Gasteiger partial charge < -0.3 is 9.30 Å². The van der Waals surface area contributed by atoms with Crippen molar-refractivity contribution in [1.29, 1.82) is 0 Å². The number of nitrogens with one attached hydrogen (secondary N) is 1. The molecule has 0 saturated carbocycles. The van der Waals surface area contributed by atoms with Crippen LogP contribution in [0.3, 0.4) is 0 Å². The van der Waals surface area contributed by atoms with E-state index in [9.17, 15) is 4.79 Å². The molecule has 1 N–H and O–H groups in total. The van der Waals surface area contributed by atoms with Crippen molar-refractivity contribution in [1.82, 2.24) is 9.99 Å².